The summed E-state index contributed by atoms with van der Waals surface area (Å²) in [4.78, 5) is 0. The number of hydrogen-bond donors (Lipinski definition) is 3. The molecule has 1 aliphatic heterocycles. The minimum atomic E-state index is -0.892. The molecule has 0 bridgehead atoms. The normalized spacial score (nSPS) is 11.8. The first-order valence-electron chi connectivity index (χ1n) is 5.45. The third-order valence-electron chi connectivity index (χ3n) is 1.38. The maximum Gasteiger partial charge on any atom is 0.428 e. The van der Waals surface area contributed by atoms with Crippen molar-refractivity contribution in [2.24, 2.45) is 0 Å². The Hall–Kier alpha value is -1.82. The summed E-state index contributed by atoms with van der Waals surface area (Å²) in [6, 6.07) is 5.11. The van der Waals surface area contributed by atoms with Crippen LogP contribution in [0.15, 0.2) is 18.2 Å². The van der Waals surface area contributed by atoms with E-state index in [1.807, 2.05) is 0 Å². The molecular formula is C12H20N2O3Si. The van der Waals surface area contributed by atoms with Gasteiger partial charge in [0.25, 0.3) is 0 Å². The number of benzene rings is 1. The average Bonchev–Trinajstić information content (AvgIpc) is 2.65. The molecular weight excluding hydrogens is 248 g/mol. The predicted octanol–water partition coefficient (Wildman–Crippen LogP) is 2.25. The highest BCUT2D eigenvalue weighted by Gasteiger charge is 2.16. The van der Waals surface area contributed by atoms with E-state index in [1.54, 1.807) is 45.9 Å². The van der Waals surface area contributed by atoms with Gasteiger partial charge in [0.2, 0.25) is 0 Å². The van der Waals surface area contributed by atoms with Crippen LogP contribution in [0.2, 0.25) is 0 Å². The van der Waals surface area contributed by atoms with Crippen LogP contribution in [0.25, 0.3) is 0 Å². The van der Waals surface area contributed by atoms with E-state index in [0.29, 0.717) is 22.9 Å². The molecule has 6 heteroatoms. The quantitative estimate of drug-likeness (QED) is 0.498. The van der Waals surface area contributed by atoms with Crippen molar-refractivity contribution in [3.8, 4) is 17.2 Å². The summed E-state index contributed by atoms with van der Waals surface area (Å²) < 4.78 is 10.2. The number of rotatable bonds is 0. The molecule has 1 heterocycles. The molecule has 5 nitrogen and oxygen atoms in total. The third kappa shape index (κ3) is 7.45. The topological polar surface area (TPSA) is 86.4 Å². The second kappa shape index (κ2) is 8.29. The lowest BCUT2D eigenvalue weighted by Gasteiger charge is -1.97. The summed E-state index contributed by atoms with van der Waals surface area (Å²) in [5, 5.41) is 22.1. The van der Waals surface area contributed by atoms with Crippen LogP contribution in [0.1, 0.15) is 27.7 Å². The summed E-state index contributed by atoms with van der Waals surface area (Å²) in [6.07, 6.45) is 0. The standard InChI is InChI=1S/C6H6O3Si.2C3H7N/c7-4-2-1-3-5-6(4)9-10-8-5;2*1-3(2)4/h1-3,7H,10H2;2*4H,1-2H3. The highest BCUT2D eigenvalue weighted by molar-refractivity contribution is 6.23. The van der Waals surface area contributed by atoms with Crippen LogP contribution >= 0.6 is 0 Å². The molecule has 1 aromatic rings. The molecule has 1 aromatic carbocycles. The van der Waals surface area contributed by atoms with Gasteiger partial charge >= 0.3 is 10.0 Å². The van der Waals surface area contributed by atoms with Gasteiger partial charge in [-0.3, -0.25) is 0 Å². The van der Waals surface area contributed by atoms with Crippen molar-refractivity contribution < 1.29 is 14.0 Å². The lowest BCUT2D eigenvalue weighted by molar-refractivity contribution is 0.446. The summed E-state index contributed by atoms with van der Waals surface area (Å²) >= 11 is 0. The Bertz CT molecular complexity index is 402. The number of phenolic OH excluding ortho intramolecular Hbond substituents is 1. The smallest absolute Gasteiger partial charge is 0.428 e. The Morgan fingerprint density at radius 3 is 2.00 bits per heavy atom. The van der Waals surface area contributed by atoms with E-state index in [0.717, 1.165) is 0 Å². The number of hydrogen-bond acceptors (Lipinski definition) is 5. The van der Waals surface area contributed by atoms with E-state index in [4.69, 9.17) is 24.8 Å². The lowest BCUT2D eigenvalue weighted by Crippen LogP contribution is -1.99. The highest BCUT2D eigenvalue weighted by atomic mass is 28.3. The van der Waals surface area contributed by atoms with Crippen molar-refractivity contribution >= 4 is 21.4 Å². The van der Waals surface area contributed by atoms with Crippen molar-refractivity contribution in [1.82, 2.24) is 0 Å². The van der Waals surface area contributed by atoms with Crippen molar-refractivity contribution in [1.29, 1.82) is 10.8 Å². The number of nitrogens with one attached hydrogen (secondary N) is 2. The van der Waals surface area contributed by atoms with E-state index in [9.17, 15) is 0 Å². The molecule has 0 spiro atoms. The second-order valence-corrected chi connectivity index (χ2v) is 4.82. The molecule has 1 aliphatic rings. The number of phenols is 1. The first kappa shape index (κ1) is 16.2. The molecule has 0 atom stereocenters. The Labute approximate surface area is 110 Å². The molecule has 0 fully saturated rings. The summed E-state index contributed by atoms with van der Waals surface area (Å²) in [5.74, 6) is 1.35. The summed E-state index contributed by atoms with van der Waals surface area (Å²) in [6.45, 7) is 7.00. The summed E-state index contributed by atoms with van der Waals surface area (Å²) in [7, 11) is -0.892. The van der Waals surface area contributed by atoms with Gasteiger partial charge in [0.05, 0.1) is 0 Å². The average molecular weight is 268 g/mol. The van der Waals surface area contributed by atoms with Gasteiger partial charge in [0.15, 0.2) is 17.2 Å². The molecule has 0 radical (unpaired) electrons. The zero-order chi connectivity index (χ0) is 14.1. The first-order valence-corrected chi connectivity index (χ1v) is 6.61. The predicted molar refractivity (Wildman–Crippen MR) is 76.1 cm³/mol. The Balaban J connectivity index is 0.000000307. The zero-order valence-electron chi connectivity index (χ0n) is 11.2. The van der Waals surface area contributed by atoms with Crippen LogP contribution < -0.4 is 8.85 Å². The fraction of sp³-hybridized carbons (Fsp3) is 0.333. The molecule has 0 saturated heterocycles. The molecule has 2 rings (SSSR count). The maximum absolute atomic E-state index is 9.15. The Kier molecular flexibility index (Phi) is 7.45. The Morgan fingerprint density at radius 2 is 1.56 bits per heavy atom. The maximum atomic E-state index is 9.15. The minimum absolute atomic E-state index is 0.169. The van der Waals surface area contributed by atoms with Crippen molar-refractivity contribution in [3.63, 3.8) is 0 Å². The van der Waals surface area contributed by atoms with Crippen molar-refractivity contribution in [2.45, 2.75) is 27.7 Å². The molecule has 100 valence electrons. The molecule has 18 heavy (non-hydrogen) atoms. The van der Waals surface area contributed by atoms with Crippen LogP contribution in [-0.4, -0.2) is 26.5 Å². The first-order chi connectivity index (χ1) is 8.34. The van der Waals surface area contributed by atoms with Gasteiger partial charge in [-0.25, -0.2) is 0 Å². The summed E-state index contributed by atoms with van der Waals surface area (Å²) in [5.41, 5.74) is 1.33. The number of fused-ring (bicyclic) bond motifs is 1. The fourth-order valence-corrected chi connectivity index (χ4v) is 1.74. The van der Waals surface area contributed by atoms with Gasteiger partial charge in [-0.05, 0) is 39.8 Å². The van der Waals surface area contributed by atoms with Gasteiger partial charge in [0, 0.05) is 11.4 Å². The van der Waals surface area contributed by atoms with E-state index >= 15 is 0 Å². The molecule has 0 saturated carbocycles. The monoisotopic (exact) mass is 268 g/mol. The molecule has 0 amide bonds. The molecule has 3 N–H and O–H groups in total. The van der Waals surface area contributed by atoms with Crippen LogP contribution in [0.5, 0.6) is 17.2 Å². The van der Waals surface area contributed by atoms with Crippen LogP contribution in [0.3, 0.4) is 0 Å². The van der Waals surface area contributed by atoms with Crippen molar-refractivity contribution in [2.75, 3.05) is 0 Å². The van der Waals surface area contributed by atoms with Crippen LogP contribution in [-0.2, 0) is 0 Å². The van der Waals surface area contributed by atoms with E-state index in [2.05, 4.69) is 0 Å². The third-order valence-corrected chi connectivity index (χ3v) is 2.21. The molecule has 0 unspecified atom stereocenters. The van der Waals surface area contributed by atoms with E-state index < -0.39 is 10.0 Å². The molecule has 0 aliphatic carbocycles. The van der Waals surface area contributed by atoms with E-state index in [1.165, 1.54) is 0 Å². The number of aromatic hydroxyl groups is 1. The Morgan fingerprint density at radius 1 is 1.06 bits per heavy atom. The highest BCUT2D eigenvalue weighted by Crippen LogP contribution is 2.38. The fourth-order valence-electron chi connectivity index (χ4n) is 0.915. The van der Waals surface area contributed by atoms with Gasteiger partial charge in [0.1, 0.15) is 0 Å². The van der Waals surface area contributed by atoms with Gasteiger partial charge < -0.3 is 24.8 Å². The molecule has 0 aromatic heterocycles. The van der Waals surface area contributed by atoms with Gasteiger partial charge in [-0.2, -0.15) is 0 Å². The second-order valence-electron chi connectivity index (χ2n) is 4.01. The van der Waals surface area contributed by atoms with Gasteiger partial charge in [-0.1, -0.05) is 6.07 Å². The van der Waals surface area contributed by atoms with Gasteiger partial charge in [-0.15, -0.1) is 0 Å². The van der Waals surface area contributed by atoms with Crippen LogP contribution in [0, 0.1) is 10.8 Å². The van der Waals surface area contributed by atoms with Crippen LogP contribution in [0.4, 0.5) is 0 Å². The lowest BCUT2D eigenvalue weighted by atomic mass is 10.3. The largest absolute Gasteiger partial charge is 0.513 e. The minimum Gasteiger partial charge on any atom is -0.513 e. The number of para-hydroxylation sites is 1. The van der Waals surface area contributed by atoms with Crippen molar-refractivity contribution in [3.05, 3.63) is 18.2 Å². The SMILES string of the molecule is CC(C)=N.CC(C)=N.Oc1cccc2c1O[SiH2]O2. The van der Waals surface area contributed by atoms with E-state index in [-0.39, 0.29) is 5.75 Å². The zero-order valence-corrected chi connectivity index (χ0v) is 12.6.